The Morgan fingerprint density at radius 2 is 1.70 bits per heavy atom. The van der Waals surface area contributed by atoms with Crippen LogP contribution >= 0.6 is 11.6 Å². The number of pyridine rings is 1. The summed E-state index contributed by atoms with van der Waals surface area (Å²) in [6.07, 6.45) is 1.80. The zero-order valence-electron chi connectivity index (χ0n) is 10.6. The Bertz CT molecular complexity index is 699. The van der Waals surface area contributed by atoms with Crippen LogP contribution in [0.4, 0.5) is 11.5 Å². The van der Waals surface area contributed by atoms with Crippen LogP contribution in [0.1, 0.15) is 0 Å². The number of hydrogen-bond donors (Lipinski definition) is 1. The van der Waals surface area contributed by atoms with E-state index in [0.29, 0.717) is 5.02 Å². The van der Waals surface area contributed by atoms with E-state index in [4.69, 9.17) is 11.6 Å². The fraction of sp³-hybridized carbons (Fsp3) is 0. The summed E-state index contributed by atoms with van der Waals surface area (Å²) in [5, 5.41) is 6.26. The first-order valence-electron chi connectivity index (χ1n) is 5.69. The molecule has 0 saturated carbocycles. The maximum atomic E-state index is 5.97. The van der Waals surface area contributed by atoms with Crippen LogP contribution in [0.5, 0.6) is 0 Å². The van der Waals surface area contributed by atoms with Gasteiger partial charge in [-0.05, 0) is 29.7 Å². The number of nitrogens with one attached hydrogen (secondary N) is 1. The van der Waals surface area contributed by atoms with Gasteiger partial charge in [-0.1, -0.05) is 41.9 Å². The van der Waals surface area contributed by atoms with E-state index in [1.807, 2.05) is 42.5 Å². The summed E-state index contributed by atoms with van der Waals surface area (Å²) in [5.41, 5.74) is 0.936. The molecule has 0 bridgehead atoms. The van der Waals surface area contributed by atoms with Crippen LogP contribution in [0.2, 0.25) is 5.02 Å². The zero-order valence-corrected chi connectivity index (χ0v) is 11.4. The summed E-state index contributed by atoms with van der Waals surface area (Å²) in [4.78, 5) is 4.38. The normalized spacial score (nSPS) is 9.45. The molecule has 0 amide bonds. The fourth-order valence-electron chi connectivity index (χ4n) is 1.92. The number of hydrogen-bond acceptors (Lipinski definition) is 2. The summed E-state index contributed by atoms with van der Waals surface area (Å²) in [7, 11) is 0. The second-order valence-electron chi connectivity index (χ2n) is 4.02. The molecule has 5 N–H and O–H groups in total. The van der Waals surface area contributed by atoms with Crippen molar-refractivity contribution >= 4 is 33.9 Å². The molecule has 4 nitrogen and oxygen atoms in total. The minimum atomic E-state index is 0. The quantitative estimate of drug-likeness (QED) is 0.786. The Hall–Kier alpha value is -2.14. The van der Waals surface area contributed by atoms with E-state index in [2.05, 4.69) is 22.4 Å². The van der Waals surface area contributed by atoms with Gasteiger partial charge in [0.05, 0.1) is 0 Å². The van der Waals surface area contributed by atoms with Crippen LogP contribution in [-0.4, -0.2) is 15.9 Å². The second kappa shape index (κ2) is 6.86. The van der Waals surface area contributed by atoms with Crippen molar-refractivity contribution in [3.8, 4) is 0 Å². The summed E-state index contributed by atoms with van der Waals surface area (Å²) in [5.74, 6) is 0.843. The summed E-state index contributed by atoms with van der Waals surface area (Å²) in [6, 6.07) is 17.8. The monoisotopic (exact) mass is 290 g/mol. The van der Waals surface area contributed by atoms with Gasteiger partial charge in [-0.2, -0.15) is 0 Å². The van der Waals surface area contributed by atoms with Crippen LogP contribution in [0, 0.1) is 0 Å². The Balaban J connectivity index is 0.000001000. The van der Waals surface area contributed by atoms with Gasteiger partial charge in [-0.3, -0.25) is 0 Å². The molecule has 0 aliphatic carbocycles. The lowest BCUT2D eigenvalue weighted by molar-refractivity contribution is 0.823. The smallest absolute Gasteiger partial charge is 0.138 e. The number of aromatic nitrogens is 1. The molecule has 1 heterocycles. The molecule has 104 valence electrons. The minimum Gasteiger partial charge on any atom is -0.412 e. The maximum absolute atomic E-state index is 5.97. The molecule has 3 rings (SSSR count). The van der Waals surface area contributed by atoms with E-state index < -0.39 is 0 Å². The van der Waals surface area contributed by atoms with Crippen molar-refractivity contribution in [2.45, 2.75) is 0 Å². The largest absolute Gasteiger partial charge is 0.412 e. The van der Waals surface area contributed by atoms with Crippen LogP contribution < -0.4 is 5.32 Å². The van der Waals surface area contributed by atoms with Gasteiger partial charge in [0.15, 0.2) is 0 Å². The average Bonchev–Trinajstić information content (AvgIpc) is 2.39. The zero-order chi connectivity index (χ0) is 12.4. The predicted octanol–water partition coefficient (Wildman–Crippen LogP) is 2.98. The standard InChI is InChI=1S/C15H11ClN2.2H2O/c16-12-5-3-6-13(10-12)18-15-14-7-2-1-4-11(14)8-9-17-15;;/h1-10H,(H,17,18);2*1H2. The van der Waals surface area contributed by atoms with Crippen LogP contribution in [-0.2, 0) is 0 Å². The number of halogens is 1. The number of nitrogens with zero attached hydrogens (tertiary/aromatic N) is 1. The Morgan fingerprint density at radius 3 is 2.50 bits per heavy atom. The van der Waals surface area contributed by atoms with E-state index in [1.165, 1.54) is 0 Å². The second-order valence-corrected chi connectivity index (χ2v) is 4.45. The third kappa shape index (κ3) is 3.24. The van der Waals surface area contributed by atoms with Crippen molar-refractivity contribution in [2.24, 2.45) is 0 Å². The molecule has 0 atom stereocenters. The summed E-state index contributed by atoms with van der Waals surface area (Å²) in [6.45, 7) is 0. The first-order valence-corrected chi connectivity index (χ1v) is 6.07. The van der Waals surface area contributed by atoms with Crippen molar-refractivity contribution in [1.29, 1.82) is 0 Å². The molecule has 0 fully saturated rings. The minimum absolute atomic E-state index is 0. The van der Waals surface area contributed by atoms with Gasteiger partial charge in [-0.15, -0.1) is 0 Å². The first kappa shape index (κ1) is 15.9. The number of fused-ring (bicyclic) bond motifs is 1. The number of rotatable bonds is 2. The molecule has 1 aromatic heterocycles. The molecule has 0 spiro atoms. The third-order valence-corrected chi connectivity index (χ3v) is 3.00. The van der Waals surface area contributed by atoms with Crippen molar-refractivity contribution in [1.82, 2.24) is 4.98 Å². The predicted molar refractivity (Wildman–Crippen MR) is 83.7 cm³/mol. The molecule has 0 aliphatic rings. The Kier molecular flexibility index (Phi) is 5.46. The van der Waals surface area contributed by atoms with E-state index in [9.17, 15) is 0 Å². The van der Waals surface area contributed by atoms with Gasteiger partial charge in [0.25, 0.3) is 0 Å². The van der Waals surface area contributed by atoms with Gasteiger partial charge in [0.1, 0.15) is 5.82 Å². The highest BCUT2D eigenvalue weighted by atomic mass is 35.5. The summed E-state index contributed by atoms with van der Waals surface area (Å²) < 4.78 is 0. The highest BCUT2D eigenvalue weighted by molar-refractivity contribution is 6.30. The lowest BCUT2D eigenvalue weighted by atomic mass is 10.1. The van der Waals surface area contributed by atoms with E-state index in [0.717, 1.165) is 22.3 Å². The maximum Gasteiger partial charge on any atom is 0.138 e. The molecule has 20 heavy (non-hydrogen) atoms. The lowest BCUT2D eigenvalue weighted by Gasteiger charge is -2.08. The first-order chi connectivity index (χ1) is 8.83. The average molecular weight is 291 g/mol. The molecule has 0 aliphatic heterocycles. The molecule has 0 unspecified atom stereocenters. The third-order valence-electron chi connectivity index (χ3n) is 2.76. The number of anilines is 2. The summed E-state index contributed by atoms with van der Waals surface area (Å²) >= 11 is 5.97. The fourth-order valence-corrected chi connectivity index (χ4v) is 2.11. The molecule has 3 aromatic rings. The molecular formula is C15H15ClN2O2. The van der Waals surface area contributed by atoms with Crippen LogP contribution in [0.25, 0.3) is 10.8 Å². The van der Waals surface area contributed by atoms with E-state index in [-0.39, 0.29) is 11.0 Å². The highest BCUT2D eigenvalue weighted by Gasteiger charge is 2.02. The lowest BCUT2D eigenvalue weighted by Crippen LogP contribution is -1.94. The van der Waals surface area contributed by atoms with Gasteiger partial charge in [0.2, 0.25) is 0 Å². The number of benzene rings is 2. The van der Waals surface area contributed by atoms with Crippen molar-refractivity contribution < 1.29 is 11.0 Å². The van der Waals surface area contributed by atoms with Crippen LogP contribution in [0.15, 0.2) is 60.8 Å². The van der Waals surface area contributed by atoms with Crippen molar-refractivity contribution in [2.75, 3.05) is 5.32 Å². The molecule has 5 heteroatoms. The Morgan fingerprint density at radius 1 is 0.900 bits per heavy atom. The van der Waals surface area contributed by atoms with E-state index in [1.54, 1.807) is 6.20 Å². The molecule has 0 saturated heterocycles. The van der Waals surface area contributed by atoms with Crippen molar-refractivity contribution in [3.05, 3.63) is 65.8 Å². The van der Waals surface area contributed by atoms with Gasteiger partial charge in [0, 0.05) is 22.3 Å². The highest BCUT2D eigenvalue weighted by Crippen LogP contribution is 2.25. The molecular weight excluding hydrogens is 276 g/mol. The SMILES string of the molecule is Clc1cccc(Nc2nccc3ccccc23)c1.O.O. The van der Waals surface area contributed by atoms with E-state index >= 15 is 0 Å². The van der Waals surface area contributed by atoms with Gasteiger partial charge < -0.3 is 16.3 Å². The topological polar surface area (TPSA) is 87.9 Å². The van der Waals surface area contributed by atoms with Crippen molar-refractivity contribution in [3.63, 3.8) is 0 Å². The van der Waals surface area contributed by atoms with Gasteiger partial charge in [-0.25, -0.2) is 4.98 Å². The van der Waals surface area contributed by atoms with Gasteiger partial charge >= 0.3 is 0 Å². The molecule has 0 radical (unpaired) electrons. The van der Waals surface area contributed by atoms with Crippen LogP contribution in [0.3, 0.4) is 0 Å². The Labute approximate surface area is 121 Å². The molecule has 2 aromatic carbocycles.